The summed E-state index contributed by atoms with van der Waals surface area (Å²) in [6.45, 7) is -0.0632. The Morgan fingerprint density at radius 1 is 1.47 bits per heavy atom. The first-order valence-corrected chi connectivity index (χ1v) is 4.83. The molecule has 6 heteroatoms. The van der Waals surface area contributed by atoms with E-state index in [1.54, 1.807) is 0 Å². The van der Waals surface area contributed by atoms with Crippen LogP contribution in [0, 0.1) is 5.41 Å². The van der Waals surface area contributed by atoms with Crippen molar-refractivity contribution in [3.63, 3.8) is 0 Å². The van der Waals surface area contributed by atoms with Crippen LogP contribution in [0.15, 0.2) is 0 Å². The van der Waals surface area contributed by atoms with Gasteiger partial charge >= 0.3 is 6.18 Å². The number of rotatable bonds is 4. The molecule has 0 saturated heterocycles. The summed E-state index contributed by atoms with van der Waals surface area (Å²) in [5.74, 6) is -0.255. The molecule has 3 nitrogen and oxygen atoms in total. The van der Waals surface area contributed by atoms with Crippen molar-refractivity contribution in [3.8, 4) is 0 Å². The number of halogens is 3. The highest BCUT2D eigenvalue weighted by atomic mass is 19.4. The van der Waals surface area contributed by atoms with Gasteiger partial charge in [-0.3, -0.25) is 4.79 Å². The third-order valence-electron chi connectivity index (χ3n) is 2.78. The minimum Gasteiger partial charge on any atom is -0.345 e. The molecule has 1 aliphatic rings. The quantitative estimate of drug-likeness (QED) is 0.778. The van der Waals surface area contributed by atoms with Crippen molar-refractivity contribution in [2.45, 2.75) is 25.4 Å². The van der Waals surface area contributed by atoms with E-state index >= 15 is 0 Å². The number of nitrogens with zero attached hydrogens (tertiary/aromatic N) is 1. The van der Waals surface area contributed by atoms with Crippen LogP contribution in [0.25, 0.3) is 0 Å². The summed E-state index contributed by atoms with van der Waals surface area (Å²) in [6.07, 6.45) is -3.79. The lowest BCUT2D eigenvalue weighted by molar-refractivity contribution is -0.146. The molecule has 1 amide bonds. The fraction of sp³-hybridized carbons (Fsp3) is 0.889. The van der Waals surface area contributed by atoms with Crippen LogP contribution < -0.4 is 5.73 Å². The van der Waals surface area contributed by atoms with Crippen LogP contribution >= 0.6 is 0 Å². The van der Waals surface area contributed by atoms with Crippen LogP contribution in [-0.4, -0.2) is 37.1 Å². The van der Waals surface area contributed by atoms with E-state index in [1.165, 1.54) is 7.05 Å². The minimum atomic E-state index is -4.21. The molecule has 0 aromatic rings. The molecule has 1 aliphatic carbocycles. The van der Waals surface area contributed by atoms with Crippen LogP contribution in [0.5, 0.6) is 0 Å². The smallest absolute Gasteiger partial charge is 0.345 e. The maximum absolute atomic E-state index is 11.9. The molecule has 0 atom stereocenters. The molecule has 0 heterocycles. The zero-order valence-electron chi connectivity index (χ0n) is 8.60. The number of carbonyl (C=O) groups excluding carboxylic acids is 1. The predicted molar refractivity (Wildman–Crippen MR) is 49.0 cm³/mol. The Morgan fingerprint density at radius 2 is 2.00 bits per heavy atom. The number of alkyl halides is 3. The van der Waals surface area contributed by atoms with Gasteiger partial charge in [0.1, 0.15) is 0 Å². The van der Waals surface area contributed by atoms with Gasteiger partial charge in [-0.05, 0) is 12.8 Å². The van der Waals surface area contributed by atoms with Crippen LogP contribution in [0.4, 0.5) is 13.2 Å². The van der Waals surface area contributed by atoms with Gasteiger partial charge in [0.05, 0.1) is 11.8 Å². The molecule has 0 bridgehead atoms. The largest absolute Gasteiger partial charge is 0.390 e. The first-order chi connectivity index (χ1) is 6.81. The first kappa shape index (κ1) is 12.3. The molecule has 1 fully saturated rings. The van der Waals surface area contributed by atoms with E-state index in [0.29, 0.717) is 12.8 Å². The molecule has 1 saturated carbocycles. The van der Waals surface area contributed by atoms with Crippen molar-refractivity contribution in [2.24, 2.45) is 11.1 Å². The van der Waals surface area contributed by atoms with E-state index in [0.717, 1.165) is 4.90 Å². The van der Waals surface area contributed by atoms with Crippen molar-refractivity contribution >= 4 is 5.91 Å². The molecule has 1 rings (SSSR count). The van der Waals surface area contributed by atoms with Gasteiger partial charge in [-0.25, -0.2) is 0 Å². The van der Waals surface area contributed by atoms with E-state index in [-0.39, 0.29) is 19.0 Å². The number of hydrogen-bond donors (Lipinski definition) is 1. The van der Waals surface area contributed by atoms with Gasteiger partial charge in [0.15, 0.2) is 0 Å². The van der Waals surface area contributed by atoms with Gasteiger partial charge in [0, 0.05) is 20.1 Å². The number of nitrogens with two attached hydrogens (primary N) is 1. The summed E-state index contributed by atoms with van der Waals surface area (Å²) >= 11 is 0. The molecular formula is C9H15F3N2O. The second kappa shape index (κ2) is 4.00. The molecule has 0 radical (unpaired) electrons. The number of carbonyl (C=O) groups is 1. The van der Waals surface area contributed by atoms with Gasteiger partial charge in [0.2, 0.25) is 5.91 Å². The average molecular weight is 224 g/mol. The van der Waals surface area contributed by atoms with E-state index in [2.05, 4.69) is 0 Å². The molecular weight excluding hydrogens is 209 g/mol. The Bertz CT molecular complexity index is 248. The van der Waals surface area contributed by atoms with E-state index in [4.69, 9.17) is 5.73 Å². The molecule has 0 aliphatic heterocycles. The lowest BCUT2D eigenvalue weighted by Crippen LogP contribution is -2.39. The summed E-state index contributed by atoms with van der Waals surface area (Å²) in [6, 6.07) is 0. The van der Waals surface area contributed by atoms with Crippen molar-refractivity contribution in [3.05, 3.63) is 0 Å². The molecule has 88 valence electrons. The summed E-state index contributed by atoms with van der Waals surface area (Å²) in [5.41, 5.74) is 4.86. The fourth-order valence-electron chi connectivity index (χ4n) is 1.46. The van der Waals surface area contributed by atoms with Gasteiger partial charge in [-0.15, -0.1) is 0 Å². The van der Waals surface area contributed by atoms with Gasteiger partial charge < -0.3 is 10.6 Å². The number of hydrogen-bond acceptors (Lipinski definition) is 2. The Labute approximate surface area is 86.4 Å². The van der Waals surface area contributed by atoms with Crippen molar-refractivity contribution < 1.29 is 18.0 Å². The Hall–Kier alpha value is -0.780. The SMILES string of the molecule is CN(CCC(F)(F)F)C(=O)C1(CN)CC1. The Kier molecular flexibility index (Phi) is 3.28. The first-order valence-electron chi connectivity index (χ1n) is 4.83. The van der Waals surface area contributed by atoms with E-state index < -0.39 is 18.0 Å². The van der Waals surface area contributed by atoms with Gasteiger partial charge in [-0.2, -0.15) is 13.2 Å². The average Bonchev–Trinajstić information content (AvgIpc) is 2.92. The highest BCUT2D eigenvalue weighted by Crippen LogP contribution is 2.46. The zero-order valence-corrected chi connectivity index (χ0v) is 8.60. The Balaban J connectivity index is 2.41. The van der Waals surface area contributed by atoms with Crippen molar-refractivity contribution in [2.75, 3.05) is 20.1 Å². The molecule has 0 aromatic heterocycles. The normalized spacial score (nSPS) is 18.7. The topological polar surface area (TPSA) is 46.3 Å². The third kappa shape index (κ3) is 3.09. The van der Waals surface area contributed by atoms with Crippen LogP contribution in [0.2, 0.25) is 0 Å². The molecule has 0 aromatic carbocycles. The second-order valence-corrected chi connectivity index (χ2v) is 4.08. The summed E-state index contributed by atoms with van der Waals surface area (Å²) in [4.78, 5) is 12.8. The minimum absolute atomic E-state index is 0.224. The van der Waals surface area contributed by atoms with Crippen LogP contribution in [0.3, 0.4) is 0 Å². The second-order valence-electron chi connectivity index (χ2n) is 4.08. The van der Waals surface area contributed by atoms with E-state index in [1.807, 2.05) is 0 Å². The van der Waals surface area contributed by atoms with Crippen LogP contribution in [-0.2, 0) is 4.79 Å². The Morgan fingerprint density at radius 3 is 2.33 bits per heavy atom. The third-order valence-corrected chi connectivity index (χ3v) is 2.78. The highest BCUT2D eigenvalue weighted by Gasteiger charge is 2.50. The summed E-state index contributed by atoms with van der Waals surface area (Å²) < 4.78 is 35.7. The molecule has 15 heavy (non-hydrogen) atoms. The van der Waals surface area contributed by atoms with E-state index in [9.17, 15) is 18.0 Å². The van der Waals surface area contributed by atoms with Gasteiger partial charge in [0.25, 0.3) is 0 Å². The highest BCUT2D eigenvalue weighted by molar-refractivity contribution is 5.85. The molecule has 0 spiro atoms. The summed E-state index contributed by atoms with van der Waals surface area (Å²) in [7, 11) is 1.39. The lowest BCUT2D eigenvalue weighted by Gasteiger charge is -2.22. The fourth-order valence-corrected chi connectivity index (χ4v) is 1.46. The number of amides is 1. The predicted octanol–water partition coefficient (Wildman–Crippen LogP) is 1.14. The molecule has 2 N–H and O–H groups in total. The maximum atomic E-state index is 11.9. The van der Waals surface area contributed by atoms with Crippen LogP contribution in [0.1, 0.15) is 19.3 Å². The lowest BCUT2D eigenvalue weighted by atomic mass is 10.1. The maximum Gasteiger partial charge on any atom is 0.390 e. The summed E-state index contributed by atoms with van der Waals surface area (Å²) in [5, 5.41) is 0. The van der Waals surface area contributed by atoms with Gasteiger partial charge in [-0.1, -0.05) is 0 Å². The monoisotopic (exact) mass is 224 g/mol. The standard InChI is InChI=1S/C9H15F3N2O/c1-14(5-4-9(10,11)12)7(15)8(6-13)2-3-8/h2-6,13H2,1H3. The zero-order chi connectivity index (χ0) is 11.7. The van der Waals surface area contributed by atoms with Crippen molar-refractivity contribution in [1.29, 1.82) is 0 Å². The molecule has 0 unspecified atom stereocenters. The van der Waals surface area contributed by atoms with Crippen molar-refractivity contribution in [1.82, 2.24) is 4.90 Å².